The van der Waals surface area contributed by atoms with Gasteiger partial charge in [0.15, 0.2) is 0 Å². The highest BCUT2D eigenvalue weighted by atomic mass is 32.2. The van der Waals surface area contributed by atoms with Gasteiger partial charge in [0.25, 0.3) is 0 Å². The van der Waals surface area contributed by atoms with Crippen LogP contribution in [0, 0.1) is 0 Å². The largest absolute Gasteiger partial charge is 0.329 e. The summed E-state index contributed by atoms with van der Waals surface area (Å²) in [4.78, 5) is 6.42. The first-order valence-electron chi connectivity index (χ1n) is 6.64. The molecule has 0 bridgehead atoms. The van der Waals surface area contributed by atoms with E-state index in [9.17, 15) is 0 Å². The summed E-state index contributed by atoms with van der Waals surface area (Å²) in [5, 5.41) is 0. The Morgan fingerprint density at radius 3 is 2.72 bits per heavy atom. The van der Waals surface area contributed by atoms with Gasteiger partial charge in [-0.2, -0.15) is 11.8 Å². The molecule has 18 heavy (non-hydrogen) atoms. The van der Waals surface area contributed by atoms with Gasteiger partial charge in [-0.1, -0.05) is 6.92 Å². The lowest BCUT2D eigenvalue weighted by atomic mass is 10.1. The summed E-state index contributed by atoms with van der Waals surface area (Å²) in [5.74, 6) is 2.40. The summed E-state index contributed by atoms with van der Waals surface area (Å²) in [6, 6.07) is 4.67. The van der Waals surface area contributed by atoms with Crippen molar-refractivity contribution in [1.29, 1.82) is 0 Å². The molecule has 1 heterocycles. The number of nitrogens with zero attached hydrogens (tertiary/aromatic N) is 2. The van der Waals surface area contributed by atoms with E-state index < -0.39 is 0 Å². The Kier molecular flexibility index (Phi) is 8.05. The molecule has 3 nitrogen and oxygen atoms in total. The molecular weight excluding hydrogens is 242 g/mol. The van der Waals surface area contributed by atoms with E-state index in [4.69, 9.17) is 5.73 Å². The Balaban J connectivity index is 2.30. The third kappa shape index (κ3) is 5.85. The Hall–Kier alpha value is -0.580. The van der Waals surface area contributed by atoms with Crippen molar-refractivity contribution < 1.29 is 0 Å². The first kappa shape index (κ1) is 15.5. The van der Waals surface area contributed by atoms with Crippen LogP contribution in [0.15, 0.2) is 24.5 Å². The highest BCUT2D eigenvalue weighted by Gasteiger charge is 2.12. The quantitative estimate of drug-likeness (QED) is 0.695. The molecule has 0 aliphatic carbocycles. The van der Waals surface area contributed by atoms with Crippen LogP contribution in [0.5, 0.6) is 0 Å². The molecule has 4 heteroatoms. The van der Waals surface area contributed by atoms with Crippen LogP contribution < -0.4 is 5.73 Å². The number of aromatic nitrogens is 1. The standard InChI is InChI=1S/C14H25N3S/c1-3-18-11-7-14(12-15)17(2)10-6-13-4-8-16-9-5-13/h4-5,8-9,14H,3,6-7,10-12,15H2,1-2H3. The molecule has 0 amide bonds. The van der Waals surface area contributed by atoms with E-state index in [1.165, 1.54) is 23.5 Å². The SMILES string of the molecule is CCSCCC(CN)N(C)CCc1ccncc1. The predicted molar refractivity (Wildman–Crippen MR) is 81.0 cm³/mol. The fraction of sp³-hybridized carbons (Fsp3) is 0.643. The maximum atomic E-state index is 5.86. The van der Waals surface area contributed by atoms with Gasteiger partial charge in [-0.25, -0.2) is 0 Å². The molecule has 0 aliphatic rings. The first-order valence-corrected chi connectivity index (χ1v) is 7.80. The second-order valence-corrected chi connectivity index (χ2v) is 5.86. The van der Waals surface area contributed by atoms with Crippen LogP contribution in [-0.4, -0.2) is 47.6 Å². The van der Waals surface area contributed by atoms with Gasteiger partial charge in [-0.15, -0.1) is 0 Å². The zero-order chi connectivity index (χ0) is 13.2. The molecule has 0 spiro atoms. The van der Waals surface area contributed by atoms with Crippen molar-refractivity contribution in [1.82, 2.24) is 9.88 Å². The van der Waals surface area contributed by atoms with Crippen molar-refractivity contribution in [2.75, 3.05) is 31.6 Å². The van der Waals surface area contributed by atoms with Crippen LogP contribution in [0.1, 0.15) is 18.9 Å². The summed E-state index contributed by atoms with van der Waals surface area (Å²) in [6.07, 6.45) is 5.96. The maximum absolute atomic E-state index is 5.86. The second kappa shape index (κ2) is 9.36. The van der Waals surface area contributed by atoms with Crippen molar-refractivity contribution in [2.45, 2.75) is 25.8 Å². The summed E-state index contributed by atoms with van der Waals surface area (Å²) in [7, 11) is 2.18. The molecule has 0 fully saturated rings. The Morgan fingerprint density at radius 1 is 1.39 bits per heavy atom. The molecule has 1 aromatic rings. The van der Waals surface area contributed by atoms with Crippen LogP contribution in [0.3, 0.4) is 0 Å². The highest BCUT2D eigenvalue weighted by Crippen LogP contribution is 2.09. The van der Waals surface area contributed by atoms with Crippen molar-refractivity contribution in [3.05, 3.63) is 30.1 Å². The molecule has 0 saturated heterocycles. The van der Waals surface area contributed by atoms with Crippen molar-refractivity contribution in [2.24, 2.45) is 5.73 Å². The molecule has 1 atom stereocenters. The summed E-state index contributed by atoms with van der Waals surface area (Å²) in [5.41, 5.74) is 7.21. The summed E-state index contributed by atoms with van der Waals surface area (Å²) < 4.78 is 0. The fourth-order valence-corrected chi connectivity index (χ4v) is 2.65. The second-order valence-electron chi connectivity index (χ2n) is 4.46. The number of hydrogen-bond donors (Lipinski definition) is 1. The third-order valence-corrected chi connectivity index (χ3v) is 4.13. The van der Waals surface area contributed by atoms with E-state index in [1.807, 2.05) is 24.2 Å². The smallest absolute Gasteiger partial charge is 0.0270 e. The molecule has 102 valence electrons. The maximum Gasteiger partial charge on any atom is 0.0270 e. The van der Waals surface area contributed by atoms with E-state index >= 15 is 0 Å². The molecule has 1 rings (SSSR count). The predicted octanol–water partition coefficient (Wildman–Crippen LogP) is 2.03. The van der Waals surface area contributed by atoms with Gasteiger partial charge >= 0.3 is 0 Å². The number of rotatable bonds is 9. The number of thioether (sulfide) groups is 1. The minimum atomic E-state index is 0.505. The van der Waals surface area contributed by atoms with E-state index in [-0.39, 0.29) is 0 Å². The molecule has 0 saturated carbocycles. The molecule has 0 aromatic carbocycles. The minimum Gasteiger partial charge on any atom is -0.329 e. The average Bonchev–Trinajstić information content (AvgIpc) is 2.42. The third-order valence-electron chi connectivity index (χ3n) is 3.20. The highest BCUT2D eigenvalue weighted by molar-refractivity contribution is 7.99. The molecule has 0 aliphatic heterocycles. The van der Waals surface area contributed by atoms with E-state index in [0.29, 0.717) is 6.04 Å². The Bertz CT molecular complexity index is 305. The fourth-order valence-electron chi connectivity index (χ4n) is 1.92. The lowest BCUT2D eigenvalue weighted by molar-refractivity contribution is 0.245. The number of pyridine rings is 1. The van der Waals surface area contributed by atoms with Crippen molar-refractivity contribution in [3.8, 4) is 0 Å². The van der Waals surface area contributed by atoms with Gasteiger partial charge in [-0.05, 0) is 49.1 Å². The Morgan fingerprint density at radius 2 is 2.11 bits per heavy atom. The lowest BCUT2D eigenvalue weighted by Crippen LogP contribution is -2.39. The lowest BCUT2D eigenvalue weighted by Gasteiger charge is -2.26. The zero-order valence-electron chi connectivity index (χ0n) is 11.5. The van der Waals surface area contributed by atoms with Gasteiger partial charge in [0, 0.05) is 31.5 Å². The molecule has 2 N–H and O–H groups in total. The van der Waals surface area contributed by atoms with Crippen molar-refractivity contribution in [3.63, 3.8) is 0 Å². The Labute approximate surface area is 115 Å². The monoisotopic (exact) mass is 267 g/mol. The molecular formula is C14H25N3S. The minimum absolute atomic E-state index is 0.505. The van der Waals surface area contributed by atoms with Crippen LogP contribution in [0.2, 0.25) is 0 Å². The summed E-state index contributed by atoms with van der Waals surface area (Å²) >= 11 is 1.99. The van der Waals surface area contributed by atoms with Gasteiger partial charge in [0.05, 0.1) is 0 Å². The van der Waals surface area contributed by atoms with Gasteiger partial charge in [0.1, 0.15) is 0 Å². The van der Waals surface area contributed by atoms with E-state index in [2.05, 4.69) is 36.0 Å². The number of nitrogens with two attached hydrogens (primary N) is 1. The van der Waals surface area contributed by atoms with Crippen LogP contribution >= 0.6 is 11.8 Å². The first-order chi connectivity index (χ1) is 8.77. The van der Waals surface area contributed by atoms with Gasteiger partial charge in [-0.3, -0.25) is 4.98 Å². The zero-order valence-corrected chi connectivity index (χ0v) is 12.3. The number of hydrogen-bond acceptors (Lipinski definition) is 4. The van der Waals surface area contributed by atoms with Gasteiger partial charge in [0.2, 0.25) is 0 Å². The molecule has 1 aromatic heterocycles. The topological polar surface area (TPSA) is 42.1 Å². The van der Waals surface area contributed by atoms with Crippen molar-refractivity contribution >= 4 is 11.8 Å². The van der Waals surface area contributed by atoms with E-state index in [0.717, 1.165) is 19.5 Å². The normalized spacial score (nSPS) is 12.9. The van der Waals surface area contributed by atoms with Gasteiger partial charge < -0.3 is 10.6 Å². The van der Waals surface area contributed by atoms with Crippen LogP contribution in [-0.2, 0) is 6.42 Å². The average molecular weight is 267 g/mol. The van der Waals surface area contributed by atoms with Crippen LogP contribution in [0.4, 0.5) is 0 Å². The van der Waals surface area contributed by atoms with E-state index in [1.54, 1.807) is 0 Å². The van der Waals surface area contributed by atoms with Crippen LogP contribution in [0.25, 0.3) is 0 Å². The number of likely N-dealkylation sites (N-methyl/N-ethyl adjacent to an activating group) is 1. The molecule has 1 unspecified atom stereocenters. The molecule has 0 radical (unpaired) electrons. The summed E-state index contributed by atoms with van der Waals surface area (Å²) in [6.45, 7) is 4.01.